The van der Waals surface area contributed by atoms with Crippen molar-refractivity contribution in [2.45, 2.75) is 19.4 Å². The molecule has 1 rings (SSSR count). The van der Waals surface area contributed by atoms with Crippen LogP contribution in [0, 0.1) is 0 Å². The average molecular weight is 248 g/mol. The summed E-state index contributed by atoms with van der Waals surface area (Å²) in [6.45, 7) is 4.29. The standard InChI is InChI=1S/C14H20N2O2/c1-14(2,18-3)10-16-13(17)8-7-11-5-4-6-12(15)9-11/h4-9H,10,15H2,1-3H3,(H,16,17)/b8-7+. The summed E-state index contributed by atoms with van der Waals surface area (Å²) in [6, 6.07) is 7.35. The van der Waals surface area contributed by atoms with E-state index in [2.05, 4.69) is 5.32 Å². The summed E-state index contributed by atoms with van der Waals surface area (Å²) < 4.78 is 5.21. The molecule has 1 amide bonds. The highest BCUT2D eigenvalue weighted by Crippen LogP contribution is 2.08. The molecule has 0 unspecified atom stereocenters. The first-order valence-electron chi connectivity index (χ1n) is 5.79. The molecule has 0 aliphatic heterocycles. The van der Waals surface area contributed by atoms with E-state index in [1.807, 2.05) is 32.0 Å². The number of carbonyl (C=O) groups excluding carboxylic acids is 1. The molecular formula is C14H20N2O2. The molecule has 4 heteroatoms. The summed E-state index contributed by atoms with van der Waals surface area (Å²) in [4.78, 5) is 11.6. The summed E-state index contributed by atoms with van der Waals surface area (Å²) in [5, 5.41) is 2.78. The lowest BCUT2D eigenvalue weighted by molar-refractivity contribution is -0.117. The van der Waals surface area contributed by atoms with Crippen molar-refractivity contribution >= 4 is 17.7 Å². The normalized spacial score (nSPS) is 11.7. The molecule has 0 saturated carbocycles. The zero-order valence-corrected chi connectivity index (χ0v) is 11.1. The fraction of sp³-hybridized carbons (Fsp3) is 0.357. The van der Waals surface area contributed by atoms with Gasteiger partial charge in [0.15, 0.2) is 0 Å². The third-order valence-corrected chi connectivity index (χ3v) is 2.58. The summed E-state index contributed by atoms with van der Waals surface area (Å²) in [7, 11) is 1.62. The number of ether oxygens (including phenoxy) is 1. The molecule has 1 aromatic carbocycles. The molecule has 98 valence electrons. The van der Waals surface area contributed by atoms with E-state index in [1.54, 1.807) is 19.3 Å². The first-order chi connectivity index (χ1) is 8.43. The number of methoxy groups -OCH3 is 1. The van der Waals surface area contributed by atoms with Gasteiger partial charge >= 0.3 is 0 Å². The number of anilines is 1. The number of hydrogen-bond acceptors (Lipinski definition) is 3. The molecule has 3 N–H and O–H groups in total. The highest BCUT2D eigenvalue weighted by molar-refractivity contribution is 5.91. The third kappa shape index (κ3) is 5.01. The maximum atomic E-state index is 11.6. The Hall–Kier alpha value is -1.81. The van der Waals surface area contributed by atoms with Gasteiger partial charge in [0.1, 0.15) is 0 Å². The molecule has 0 fully saturated rings. The monoisotopic (exact) mass is 248 g/mol. The Balaban J connectivity index is 2.50. The predicted molar refractivity (Wildman–Crippen MR) is 74.0 cm³/mol. The fourth-order valence-electron chi connectivity index (χ4n) is 1.27. The lowest BCUT2D eigenvalue weighted by Gasteiger charge is -2.22. The molecule has 0 aliphatic rings. The van der Waals surface area contributed by atoms with Crippen LogP contribution < -0.4 is 11.1 Å². The van der Waals surface area contributed by atoms with Crippen LogP contribution in [-0.4, -0.2) is 25.2 Å². The minimum atomic E-state index is -0.360. The van der Waals surface area contributed by atoms with Crippen molar-refractivity contribution in [2.75, 3.05) is 19.4 Å². The Morgan fingerprint density at radius 3 is 2.83 bits per heavy atom. The van der Waals surface area contributed by atoms with Crippen LogP contribution in [-0.2, 0) is 9.53 Å². The molecule has 0 bridgehead atoms. The lowest BCUT2D eigenvalue weighted by Crippen LogP contribution is -2.39. The largest absolute Gasteiger partial charge is 0.399 e. The third-order valence-electron chi connectivity index (χ3n) is 2.58. The lowest BCUT2D eigenvalue weighted by atomic mass is 10.1. The first-order valence-corrected chi connectivity index (χ1v) is 5.79. The van der Waals surface area contributed by atoms with Gasteiger partial charge in [-0.2, -0.15) is 0 Å². The van der Waals surface area contributed by atoms with Crippen LogP contribution in [0.3, 0.4) is 0 Å². The minimum Gasteiger partial charge on any atom is -0.399 e. The molecule has 0 aliphatic carbocycles. The van der Waals surface area contributed by atoms with E-state index in [1.165, 1.54) is 6.08 Å². The van der Waals surface area contributed by atoms with Gasteiger partial charge in [-0.05, 0) is 37.6 Å². The quantitative estimate of drug-likeness (QED) is 0.617. The van der Waals surface area contributed by atoms with E-state index in [-0.39, 0.29) is 11.5 Å². The van der Waals surface area contributed by atoms with E-state index in [4.69, 9.17) is 10.5 Å². The Labute approximate surface area is 108 Å². The van der Waals surface area contributed by atoms with Gasteiger partial charge in [0.05, 0.1) is 5.60 Å². The van der Waals surface area contributed by atoms with Gasteiger partial charge in [-0.1, -0.05) is 12.1 Å². The Morgan fingerprint density at radius 2 is 2.22 bits per heavy atom. The molecule has 0 atom stereocenters. The predicted octanol–water partition coefficient (Wildman–Crippen LogP) is 1.82. The van der Waals surface area contributed by atoms with Gasteiger partial charge < -0.3 is 15.8 Å². The maximum absolute atomic E-state index is 11.6. The zero-order chi connectivity index (χ0) is 13.6. The van der Waals surface area contributed by atoms with Crippen molar-refractivity contribution in [1.29, 1.82) is 0 Å². The SMILES string of the molecule is COC(C)(C)CNC(=O)/C=C/c1cccc(N)c1. The van der Waals surface area contributed by atoms with Gasteiger partial charge in [0, 0.05) is 25.4 Å². The molecule has 0 spiro atoms. The molecule has 4 nitrogen and oxygen atoms in total. The number of nitrogens with one attached hydrogen (secondary N) is 1. The Bertz CT molecular complexity index is 439. The van der Waals surface area contributed by atoms with Crippen LogP contribution >= 0.6 is 0 Å². The second-order valence-corrected chi connectivity index (χ2v) is 4.69. The average Bonchev–Trinajstić information content (AvgIpc) is 2.34. The minimum absolute atomic E-state index is 0.150. The molecule has 0 aromatic heterocycles. The van der Waals surface area contributed by atoms with Gasteiger partial charge in [-0.25, -0.2) is 0 Å². The van der Waals surface area contributed by atoms with Gasteiger partial charge in [-0.3, -0.25) is 4.79 Å². The van der Waals surface area contributed by atoms with Crippen molar-refractivity contribution in [2.24, 2.45) is 0 Å². The topological polar surface area (TPSA) is 64.3 Å². The highest BCUT2D eigenvalue weighted by Gasteiger charge is 2.16. The highest BCUT2D eigenvalue weighted by atomic mass is 16.5. The number of rotatable bonds is 5. The van der Waals surface area contributed by atoms with Crippen molar-refractivity contribution in [3.8, 4) is 0 Å². The second-order valence-electron chi connectivity index (χ2n) is 4.69. The van der Waals surface area contributed by atoms with Gasteiger partial charge in [0.25, 0.3) is 0 Å². The van der Waals surface area contributed by atoms with Gasteiger partial charge in [-0.15, -0.1) is 0 Å². The molecular weight excluding hydrogens is 228 g/mol. The van der Waals surface area contributed by atoms with Crippen molar-refractivity contribution in [1.82, 2.24) is 5.32 Å². The first kappa shape index (κ1) is 14.3. The number of hydrogen-bond donors (Lipinski definition) is 2. The molecule has 18 heavy (non-hydrogen) atoms. The van der Waals surface area contributed by atoms with Crippen molar-refractivity contribution in [3.05, 3.63) is 35.9 Å². The number of nitrogens with two attached hydrogens (primary N) is 1. The van der Waals surface area contributed by atoms with E-state index in [9.17, 15) is 4.79 Å². The van der Waals surface area contributed by atoms with Crippen LogP contribution in [0.25, 0.3) is 6.08 Å². The summed E-state index contributed by atoms with van der Waals surface area (Å²) >= 11 is 0. The van der Waals surface area contributed by atoms with E-state index in [0.29, 0.717) is 12.2 Å². The van der Waals surface area contributed by atoms with E-state index in [0.717, 1.165) is 5.56 Å². The number of carbonyl (C=O) groups is 1. The fourth-order valence-corrected chi connectivity index (χ4v) is 1.27. The van der Waals surface area contributed by atoms with Crippen LogP contribution in [0.15, 0.2) is 30.3 Å². The summed E-state index contributed by atoms with van der Waals surface area (Å²) in [5.41, 5.74) is 6.87. The van der Waals surface area contributed by atoms with E-state index >= 15 is 0 Å². The van der Waals surface area contributed by atoms with Crippen molar-refractivity contribution < 1.29 is 9.53 Å². The number of nitrogen functional groups attached to an aromatic ring is 1. The maximum Gasteiger partial charge on any atom is 0.244 e. The van der Waals surface area contributed by atoms with Gasteiger partial charge in [0.2, 0.25) is 5.91 Å². The van der Waals surface area contributed by atoms with Crippen LogP contribution in [0.5, 0.6) is 0 Å². The van der Waals surface area contributed by atoms with Crippen molar-refractivity contribution in [3.63, 3.8) is 0 Å². The Morgan fingerprint density at radius 1 is 1.50 bits per heavy atom. The number of amides is 1. The zero-order valence-electron chi connectivity index (χ0n) is 11.1. The molecule has 1 aromatic rings. The molecule has 0 saturated heterocycles. The summed E-state index contributed by atoms with van der Waals surface area (Å²) in [5.74, 6) is -0.150. The van der Waals surface area contributed by atoms with Crippen LogP contribution in [0.4, 0.5) is 5.69 Å². The second kappa shape index (κ2) is 6.21. The smallest absolute Gasteiger partial charge is 0.244 e. The number of benzene rings is 1. The molecule has 0 heterocycles. The molecule has 0 radical (unpaired) electrons. The van der Waals surface area contributed by atoms with E-state index < -0.39 is 0 Å². The van der Waals surface area contributed by atoms with Crippen LogP contribution in [0.1, 0.15) is 19.4 Å². The summed E-state index contributed by atoms with van der Waals surface area (Å²) in [6.07, 6.45) is 3.21. The Kier molecular flexibility index (Phi) is 4.92. The van der Waals surface area contributed by atoms with Crippen LogP contribution in [0.2, 0.25) is 0 Å².